The zero-order chi connectivity index (χ0) is 30.2. The molecule has 2 amide bonds. The Bertz CT molecular complexity index is 1280. The minimum atomic E-state index is -4.14. The van der Waals surface area contributed by atoms with Crippen LogP contribution in [0.1, 0.15) is 79.4 Å². The largest absolute Gasteiger partial charge is 0.464 e. The van der Waals surface area contributed by atoms with Crippen LogP contribution in [0.25, 0.3) is 0 Å². The number of nitrogens with zero attached hydrogens (tertiary/aromatic N) is 3. The molecular weight excluding hydrogens is 641 g/mol. The lowest BCUT2D eigenvalue weighted by atomic mass is 9.84. The van der Waals surface area contributed by atoms with Crippen molar-refractivity contribution in [2.75, 3.05) is 10.2 Å². The number of hydrogen-bond acceptors (Lipinski definition) is 8. The van der Waals surface area contributed by atoms with Crippen LogP contribution in [0.2, 0.25) is 0 Å². The van der Waals surface area contributed by atoms with Crippen molar-refractivity contribution in [3.05, 3.63) is 39.4 Å². The Kier molecular flexibility index (Phi) is 9.54. The lowest BCUT2D eigenvalue weighted by Crippen LogP contribution is -2.60. The molecule has 0 radical (unpaired) electrons. The molecule has 0 unspecified atom stereocenters. The molecule has 0 fully saturated rings. The Balaban J connectivity index is 2.79. The number of aryl methyl sites for hydroxylation is 1. The molecule has 1 aliphatic heterocycles. The number of carbonyl (C=O) groups is 2. The number of alkyl halides is 1. The summed E-state index contributed by atoms with van der Waals surface area (Å²) in [7, 11) is -4.14. The van der Waals surface area contributed by atoms with Gasteiger partial charge in [0.05, 0.1) is 16.2 Å². The van der Waals surface area contributed by atoms with Gasteiger partial charge in [0.25, 0.3) is 5.69 Å². The second kappa shape index (κ2) is 11.3. The third-order valence-electron chi connectivity index (χ3n) is 6.51. The minimum Gasteiger partial charge on any atom is -0.464 e. The smallest absolute Gasteiger partial charge is 0.425 e. The SMILES string of the molecule is CC(C)(C)CC(C)(C)OC(=O)N(C(=O)O)C1=N[C@](C)(c2cc([N+](=O)[O-])ccc2CCCI)CS(=O)(=O)C1(C)C. The summed E-state index contributed by atoms with van der Waals surface area (Å²) in [6.45, 7) is 13.2. The second-order valence-electron chi connectivity index (χ2n) is 12.4. The van der Waals surface area contributed by atoms with Crippen LogP contribution in [0.5, 0.6) is 0 Å². The van der Waals surface area contributed by atoms with E-state index in [1.165, 1.54) is 32.9 Å². The van der Waals surface area contributed by atoms with Crippen molar-refractivity contribution in [2.45, 2.75) is 90.5 Å². The number of carbonyl (C=O) groups excluding carboxylic acids is 1. The first-order chi connectivity index (χ1) is 17.6. The van der Waals surface area contributed by atoms with Gasteiger partial charge < -0.3 is 9.84 Å². The molecule has 11 nitrogen and oxygen atoms in total. The number of benzene rings is 1. The van der Waals surface area contributed by atoms with Gasteiger partial charge in [0.2, 0.25) is 0 Å². The second-order valence-corrected chi connectivity index (χ2v) is 16.0. The van der Waals surface area contributed by atoms with Crippen LogP contribution >= 0.6 is 22.6 Å². The molecule has 13 heteroatoms. The Labute approximate surface area is 243 Å². The van der Waals surface area contributed by atoms with E-state index in [1.54, 1.807) is 19.9 Å². The molecule has 1 N–H and O–H groups in total. The number of rotatable bonds is 7. The van der Waals surface area contributed by atoms with Gasteiger partial charge in [-0.15, -0.1) is 0 Å². The number of nitro benzene ring substituents is 1. The molecule has 1 aromatic rings. The lowest BCUT2D eigenvalue weighted by molar-refractivity contribution is -0.385. The first-order valence-electron chi connectivity index (χ1n) is 12.5. The van der Waals surface area contributed by atoms with Gasteiger partial charge in [0, 0.05) is 12.1 Å². The van der Waals surface area contributed by atoms with Gasteiger partial charge in [-0.1, -0.05) is 49.4 Å². The van der Waals surface area contributed by atoms with Gasteiger partial charge in [-0.25, -0.2) is 18.0 Å². The number of carboxylic acid groups (broad SMARTS) is 1. The van der Waals surface area contributed by atoms with E-state index >= 15 is 0 Å². The van der Waals surface area contributed by atoms with Crippen LogP contribution in [0.3, 0.4) is 0 Å². The van der Waals surface area contributed by atoms with Gasteiger partial charge >= 0.3 is 12.2 Å². The number of sulfone groups is 1. The summed E-state index contributed by atoms with van der Waals surface area (Å²) in [5.41, 5.74) is -2.22. The molecule has 1 aliphatic rings. The maximum Gasteiger partial charge on any atom is 0.425 e. The van der Waals surface area contributed by atoms with E-state index in [-0.39, 0.29) is 16.0 Å². The molecule has 0 aliphatic carbocycles. The zero-order valence-corrected chi connectivity index (χ0v) is 26.7. The maximum absolute atomic E-state index is 13.7. The molecule has 0 bridgehead atoms. The number of hydrogen-bond donors (Lipinski definition) is 1. The molecular formula is C26H38IN3O8S. The summed E-state index contributed by atoms with van der Waals surface area (Å²) >= 11 is 2.20. The van der Waals surface area contributed by atoms with E-state index in [0.717, 1.165) is 10.8 Å². The number of amides is 2. The first kappa shape index (κ1) is 32.9. The third-order valence-corrected chi connectivity index (χ3v) is 9.95. The Morgan fingerprint density at radius 1 is 1.21 bits per heavy atom. The van der Waals surface area contributed by atoms with Crippen LogP contribution in [-0.4, -0.2) is 61.9 Å². The average Bonchev–Trinajstić information content (AvgIpc) is 2.73. The van der Waals surface area contributed by atoms with Crippen molar-refractivity contribution in [2.24, 2.45) is 10.4 Å². The zero-order valence-electron chi connectivity index (χ0n) is 23.7. The lowest BCUT2D eigenvalue weighted by Gasteiger charge is -2.42. The minimum absolute atomic E-state index is 0.248. The number of halogens is 1. The highest BCUT2D eigenvalue weighted by Gasteiger charge is 2.54. The van der Waals surface area contributed by atoms with E-state index in [0.29, 0.717) is 24.0 Å². The summed E-state index contributed by atoms with van der Waals surface area (Å²) in [6, 6.07) is 4.21. The number of amidine groups is 1. The van der Waals surface area contributed by atoms with Crippen molar-refractivity contribution < 1.29 is 32.8 Å². The molecule has 0 spiro atoms. The van der Waals surface area contributed by atoms with E-state index in [9.17, 15) is 33.2 Å². The van der Waals surface area contributed by atoms with Crippen molar-refractivity contribution >= 4 is 56.1 Å². The van der Waals surface area contributed by atoms with Crippen LogP contribution in [-0.2, 0) is 26.5 Å². The molecule has 1 aromatic carbocycles. The first-order valence-corrected chi connectivity index (χ1v) is 15.7. The molecule has 218 valence electrons. The fraction of sp³-hybridized carbons (Fsp3) is 0.654. The topological polar surface area (TPSA) is 156 Å². The van der Waals surface area contributed by atoms with Crippen LogP contribution in [0.4, 0.5) is 15.3 Å². The average molecular weight is 680 g/mol. The van der Waals surface area contributed by atoms with E-state index in [1.807, 2.05) is 20.8 Å². The highest BCUT2D eigenvalue weighted by Crippen LogP contribution is 2.41. The van der Waals surface area contributed by atoms with Crippen molar-refractivity contribution in [3.8, 4) is 0 Å². The summed E-state index contributed by atoms with van der Waals surface area (Å²) < 4.78 is 31.9. The van der Waals surface area contributed by atoms with Crippen LogP contribution < -0.4 is 0 Å². The Morgan fingerprint density at radius 2 is 1.79 bits per heavy atom. The maximum atomic E-state index is 13.7. The highest BCUT2D eigenvalue weighted by atomic mass is 127. The monoisotopic (exact) mass is 679 g/mol. The van der Waals surface area contributed by atoms with E-state index < -0.39 is 54.4 Å². The predicted octanol–water partition coefficient (Wildman–Crippen LogP) is 6.11. The van der Waals surface area contributed by atoms with Crippen molar-refractivity contribution in [1.82, 2.24) is 4.90 Å². The van der Waals surface area contributed by atoms with Gasteiger partial charge in [-0.3, -0.25) is 15.1 Å². The molecule has 1 atom stereocenters. The van der Waals surface area contributed by atoms with Crippen LogP contribution in [0, 0.1) is 15.5 Å². The Hall–Kier alpha value is -2.29. The number of imide groups is 1. The number of ether oxygens (including phenoxy) is 1. The number of non-ortho nitro benzene ring substituents is 1. The fourth-order valence-corrected chi connectivity index (χ4v) is 7.17. The molecule has 0 aromatic heterocycles. The summed E-state index contributed by atoms with van der Waals surface area (Å²) in [5, 5.41) is 21.7. The summed E-state index contributed by atoms with van der Waals surface area (Å²) in [5.74, 6) is -1.06. The normalized spacial score (nSPS) is 20.6. The summed E-state index contributed by atoms with van der Waals surface area (Å²) in [6.07, 6.45) is -1.38. The molecule has 0 saturated carbocycles. The van der Waals surface area contributed by atoms with Gasteiger partial charge in [0.1, 0.15) is 16.2 Å². The molecule has 1 heterocycles. The van der Waals surface area contributed by atoms with Crippen LogP contribution in [0.15, 0.2) is 23.2 Å². The molecule has 2 rings (SSSR count). The van der Waals surface area contributed by atoms with Crippen molar-refractivity contribution in [1.29, 1.82) is 0 Å². The molecule has 39 heavy (non-hydrogen) atoms. The number of nitro groups is 1. The van der Waals surface area contributed by atoms with E-state index in [2.05, 4.69) is 27.6 Å². The third kappa shape index (κ3) is 7.47. The number of aliphatic imine (C=N–C) groups is 1. The highest BCUT2D eigenvalue weighted by molar-refractivity contribution is 14.1. The fourth-order valence-electron chi connectivity index (χ4n) is 5.05. The quantitative estimate of drug-likeness (QED) is 0.157. The van der Waals surface area contributed by atoms with Gasteiger partial charge in [0.15, 0.2) is 9.84 Å². The van der Waals surface area contributed by atoms with E-state index in [4.69, 9.17) is 4.74 Å². The van der Waals surface area contributed by atoms with Crippen molar-refractivity contribution in [3.63, 3.8) is 0 Å². The Morgan fingerprint density at radius 3 is 2.28 bits per heavy atom. The standard InChI is InChI=1S/C26H38IN3O8S/c1-23(2,3)15-24(4,5)38-22(33)29(21(31)32)20-25(6,7)39(36,37)16-26(8,28-20)19-14-18(30(34)35)12-11-17(19)10-9-13-27/h11-12,14H,9-10,13,15-16H2,1-8H3,(H,31,32)/t26-/m0/s1. The molecule has 0 saturated heterocycles. The van der Waals surface area contributed by atoms with Gasteiger partial charge in [-0.05, 0) is 74.9 Å². The predicted molar refractivity (Wildman–Crippen MR) is 157 cm³/mol. The summed E-state index contributed by atoms with van der Waals surface area (Å²) in [4.78, 5) is 41.7. The van der Waals surface area contributed by atoms with Gasteiger partial charge in [-0.2, -0.15) is 4.90 Å².